The molecule has 1 aromatic heterocycles. The fraction of sp³-hybridized carbons (Fsp3) is 0.500. The molecule has 4 nitrogen and oxygen atoms in total. The van der Waals surface area contributed by atoms with E-state index in [1.165, 1.54) is 0 Å². The van der Waals surface area contributed by atoms with E-state index >= 15 is 0 Å². The van der Waals surface area contributed by atoms with E-state index in [0.717, 1.165) is 29.7 Å². The number of fused-ring (bicyclic) bond motifs is 2. The molecule has 16 heavy (non-hydrogen) atoms. The van der Waals surface area contributed by atoms with Crippen LogP contribution in [0.1, 0.15) is 23.2 Å². The maximum absolute atomic E-state index is 9.07. The maximum atomic E-state index is 9.07. The molecule has 1 unspecified atom stereocenters. The Morgan fingerprint density at radius 3 is 3.12 bits per heavy atom. The van der Waals surface area contributed by atoms with Crippen LogP contribution >= 0.6 is 0 Å². The Labute approximate surface area is 93.8 Å². The second kappa shape index (κ2) is 3.55. The van der Waals surface area contributed by atoms with E-state index in [-0.39, 0.29) is 5.60 Å². The summed E-state index contributed by atoms with van der Waals surface area (Å²) in [4.78, 5) is 4.41. The number of pyridine rings is 1. The van der Waals surface area contributed by atoms with E-state index in [4.69, 9.17) is 14.7 Å². The van der Waals surface area contributed by atoms with Crippen molar-refractivity contribution >= 4 is 0 Å². The van der Waals surface area contributed by atoms with Gasteiger partial charge in [0.05, 0.1) is 30.5 Å². The minimum atomic E-state index is -0.388. The first kappa shape index (κ1) is 9.76. The van der Waals surface area contributed by atoms with Crippen molar-refractivity contribution in [3.63, 3.8) is 0 Å². The predicted octanol–water partition coefficient (Wildman–Crippen LogP) is 1.14. The summed E-state index contributed by atoms with van der Waals surface area (Å²) in [5, 5.41) is 9.07. The molecule has 2 aliphatic rings. The van der Waals surface area contributed by atoms with E-state index in [2.05, 4.69) is 11.1 Å². The summed E-state index contributed by atoms with van der Waals surface area (Å²) in [6.45, 7) is 1.91. The standard InChI is InChI=1S/C12H12N2O2/c13-7-9-1-4-14-11-10(9)2-5-16-12(11)3-6-15-8-12/h1,4H,2-3,5-6,8H2. The lowest BCUT2D eigenvalue weighted by Gasteiger charge is -2.33. The Morgan fingerprint density at radius 2 is 2.38 bits per heavy atom. The summed E-state index contributed by atoms with van der Waals surface area (Å²) in [6.07, 6.45) is 3.29. The Balaban J connectivity index is 2.16. The number of nitriles is 1. The average molecular weight is 216 g/mol. The molecule has 1 atom stereocenters. The zero-order valence-corrected chi connectivity index (χ0v) is 8.90. The third-order valence-electron chi connectivity index (χ3n) is 3.32. The van der Waals surface area contributed by atoms with Crippen LogP contribution < -0.4 is 0 Å². The van der Waals surface area contributed by atoms with Crippen LogP contribution in [0.15, 0.2) is 12.3 Å². The summed E-state index contributed by atoms with van der Waals surface area (Å²) < 4.78 is 11.3. The summed E-state index contributed by atoms with van der Waals surface area (Å²) in [5.74, 6) is 0. The van der Waals surface area contributed by atoms with Gasteiger partial charge in [0.25, 0.3) is 0 Å². The number of hydrogen-bond donors (Lipinski definition) is 0. The molecular weight excluding hydrogens is 204 g/mol. The fourth-order valence-electron chi connectivity index (χ4n) is 2.51. The van der Waals surface area contributed by atoms with Crippen LogP contribution in [0, 0.1) is 11.3 Å². The molecule has 0 N–H and O–H groups in total. The molecule has 4 heteroatoms. The first-order valence-electron chi connectivity index (χ1n) is 5.46. The van der Waals surface area contributed by atoms with Crippen LogP contribution in [-0.4, -0.2) is 24.8 Å². The van der Waals surface area contributed by atoms with E-state index < -0.39 is 0 Å². The van der Waals surface area contributed by atoms with Gasteiger partial charge in [-0.05, 0) is 18.1 Å². The molecule has 3 heterocycles. The Kier molecular flexibility index (Phi) is 2.16. The molecule has 0 bridgehead atoms. The van der Waals surface area contributed by atoms with Crippen molar-refractivity contribution in [3.05, 3.63) is 29.1 Å². The van der Waals surface area contributed by atoms with Gasteiger partial charge in [-0.25, -0.2) is 0 Å². The third-order valence-corrected chi connectivity index (χ3v) is 3.32. The van der Waals surface area contributed by atoms with Gasteiger partial charge in [-0.15, -0.1) is 0 Å². The van der Waals surface area contributed by atoms with Crippen LogP contribution in [0.2, 0.25) is 0 Å². The van der Waals surface area contributed by atoms with Crippen LogP contribution in [0.25, 0.3) is 0 Å². The number of hydrogen-bond acceptors (Lipinski definition) is 4. The lowest BCUT2D eigenvalue weighted by atomic mass is 9.88. The summed E-state index contributed by atoms with van der Waals surface area (Å²) >= 11 is 0. The van der Waals surface area contributed by atoms with Crippen molar-refractivity contribution < 1.29 is 9.47 Å². The molecule has 0 radical (unpaired) electrons. The lowest BCUT2D eigenvalue weighted by molar-refractivity contribution is -0.0665. The second-order valence-corrected chi connectivity index (χ2v) is 4.19. The lowest BCUT2D eigenvalue weighted by Crippen LogP contribution is -2.37. The second-order valence-electron chi connectivity index (χ2n) is 4.19. The van der Waals surface area contributed by atoms with Crippen molar-refractivity contribution in [1.29, 1.82) is 5.26 Å². The number of rotatable bonds is 0. The monoisotopic (exact) mass is 216 g/mol. The summed E-state index contributed by atoms with van der Waals surface area (Å²) in [7, 11) is 0. The Morgan fingerprint density at radius 1 is 1.44 bits per heavy atom. The van der Waals surface area contributed by atoms with Gasteiger partial charge in [-0.1, -0.05) is 0 Å². The van der Waals surface area contributed by atoms with Gasteiger partial charge in [0.1, 0.15) is 5.60 Å². The van der Waals surface area contributed by atoms with Crippen molar-refractivity contribution in [2.24, 2.45) is 0 Å². The fourth-order valence-corrected chi connectivity index (χ4v) is 2.51. The normalized spacial score (nSPS) is 27.7. The van der Waals surface area contributed by atoms with Crippen molar-refractivity contribution in [2.75, 3.05) is 19.8 Å². The van der Waals surface area contributed by atoms with Gasteiger partial charge in [-0.2, -0.15) is 5.26 Å². The van der Waals surface area contributed by atoms with E-state index in [1.54, 1.807) is 12.3 Å². The zero-order chi connectivity index (χ0) is 11.0. The van der Waals surface area contributed by atoms with Crippen LogP contribution in [0.3, 0.4) is 0 Å². The van der Waals surface area contributed by atoms with E-state index in [9.17, 15) is 0 Å². The van der Waals surface area contributed by atoms with Gasteiger partial charge in [0.15, 0.2) is 0 Å². The molecule has 1 fully saturated rings. The molecule has 2 aliphatic heterocycles. The molecular formula is C12H12N2O2. The van der Waals surface area contributed by atoms with Crippen LogP contribution in [0.5, 0.6) is 0 Å². The average Bonchev–Trinajstić information content (AvgIpc) is 2.78. The molecule has 1 saturated heterocycles. The van der Waals surface area contributed by atoms with Crippen LogP contribution in [-0.2, 0) is 21.5 Å². The molecule has 0 aromatic carbocycles. The minimum Gasteiger partial charge on any atom is -0.378 e. The minimum absolute atomic E-state index is 0.388. The summed E-state index contributed by atoms with van der Waals surface area (Å²) in [6, 6.07) is 4.00. The summed E-state index contributed by atoms with van der Waals surface area (Å²) in [5.41, 5.74) is 2.29. The molecule has 3 rings (SSSR count). The van der Waals surface area contributed by atoms with Gasteiger partial charge in [0, 0.05) is 19.2 Å². The van der Waals surface area contributed by atoms with Gasteiger partial charge in [-0.3, -0.25) is 4.98 Å². The molecule has 1 spiro atoms. The van der Waals surface area contributed by atoms with Gasteiger partial charge >= 0.3 is 0 Å². The zero-order valence-electron chi connectivity index (χ0n) is 8.90. The molecule has 0 aliphatic carbocycles. The number of ether oxygens (including phenoxy) is 2. The SMILES string of the molecule is N#Cc1ccnc2c1CCOC21CCOC1. The molecule has 0 saturated carbocycles. The third kappa shape index (κ3) is 1.26. The molecule has 0 amide bonds. The van der Waals surface area contributed by atoms with Gasteiger partial charge < -0.3 is 9.47 Å². The highest BCUT2D eigenvalue weighted by Gasteiger charge is 2.43. The van der Waals surface area contributed by atoms with Crippen molar-refractivity contribution in [2.45, 2.75) is 18.4 Å². The first-order valence-corrected chi connectivity index (χ1v) is 5.46. The smallest absolute Gasteiger partial charge is 0.136 e. The highest BCUT2D eigenvalue weighted by Crippen LogP contribution is 2.39. The number of nitrogens with zero attached hydrogens (tertiary/aromatic N) is 2. The quantitative estimate of drug-likeness (QED) is 0.652. The predicted molar refractivity (Wildman–Crippen MR) is 55.7 cm³/mol. The maximum Gasteiger partial charge on any atom is 0.136 e. The highest BCUT2D eigenvalue weighted by molar-refractivity contribution is 5.43. The largest absolute Gasteiger partial charge is 0.378 e. The van der Waals surface area contributed by atoms with E-state index in [0.29, 0.717) is 19.8 Å². The topological polar surface area (TPSA) is 55.1 Å². The van der Waals surface area contributed by atoms with Crippen LogP contribution in [0.4, 0.5) is 0 Å². The molecule has 1 aromatic rings. The van der Waals surface area contributed by atoms with Crippen molar-refractivity contribution in [1.82, 2.24) is 4.98 Å². The van der Waals surface area contributed by atoms with E-state index in [1.807, 2.05) is 0 Å². The van der Waals surface area contributed by atoms with Crippen molar-refractivity contribution in [3.8, 4) is 6.07 Å². The highest BCUT2D eigenvalue weighted by atomic mass is 16.6. The Bertz CT molecular complexity index is 459. The first-order chi connectivity index (χ1) is 7.86. The Hall–Kier alpha value is -1.44. The number of aromatic nitrogens is 1. The molecule has 82 valence electrons. The van der Waals surface area contributed by atoms with Gasteiger partial charge in [0.2, 0.25) is 0 Å².